The largest absolute Gasteiger partial charge is 0.322 e. The Morgan fingerprint density at radius 2 is 1.94 bits per heavy atom. The minimum Gasteiger partial charge on any atom is -0.322 e. The van der Waals surface area contributed by atoms with E-state index >= 15 is 0 Å². The van der Waals surface area contributed by atoms with Crippen LogP contribution < -0.4 is 5.73 Å². The minimum absolute atomic E-state index is 0.155. The van der Waals surface area contributed by atoms with Crippen LogP contribution in [0.2, 0.25) is 0 Å². The van der Waals surface area contributed by atoms with Gasteiger partial charge in [-0.1, -0.05) is 19.3 Å². The molecule has 0 bridgehead atoms. The van der Waals surface area contributed by atoms with Gasteiger partial charge >= 0.3 is 0 Å². The second-order valence-corrected chi connectivity index (χ2v) is 6.64. The molecule has 1 fully saturated rings. The van der Waals surface area contributed by atoms with Crippen LogP contribution in [-0.2, 0) is 0 Å². The highest BCUT2D eigenvalue weighted by atomic mass is 32.1. The van der Waals surface area contributed by atoms with E-state index in [1.165, 1.54) is 42.5 Å². The Kier molecular flexibility index (Phi) is 3.91. The van der Waals surface area contributed by atoms with Crippen LogP contribution in [0.3, 0.4) is 0 Å². The zero-order valence-corrected chi connectivity index (χ0v) is 12.0. The van der Waals surface area contributed by atoms with E-state index in [4.69, 9.17) is 5.73 Å². The lowest BCUT2D eigenvalue weighted by Gasteiger charge is -2.47. The fourth-order valence-electron chi connectivity index (χ4n) is 3.14. The summed E-state index contributed by atoms with van der Waals surface area (Å²) in [6, 6.07) is 2.41. The monoisotopic (exact) mass is 252 g/mol. The Morgan fingerprint density at radius 3 is 2.41 bits per heavy atom. The van der Waals surface area contributed by atoms with Gasteiger partial charge in [-0.2, -0.15) is 0 Å². The molecular formula is C14H24N2S. The second-order valence-electron chi connectivity index (χ2n) is 5.53. The van der Waals surface area contributed by atoms with Crippen LogP contribution >= 0.6 is 11.3 Å². The lowest BCUT2D eigenvalue weighted by Crippen LogP contribution is -2.53. The highest BCUT2D eigenvalue weighted by molar-refractivity contribution is 7.10. The third-order valence-corrected chi connectivity index (χ3v) is 5.18. The van der Waals surface area contributed by atoms with Gasteiger partial charge in [0.15, 0.2) is 0 Å². The molecule has 3 heteroatoms. The molecule has 0 spiro atoms. The molecule has 0 amide bonds. The van der Waals surface area contributed by atoms with Gasteiger partial charge in [-0.05, 0) is 50.9 Å². The van der Waals surface area contributed by atoms with Gasteiger partial charge in [-0.15, -0.1) is 11.3 Å². The molecule has 1 heterocycles. The summed E-state index contributed by atoms with van der Waals surface area (Å²) in [6.07, 6.45) is 6.46. The molecule has 1 aromatic rings. The standard InChI is InChI=1S/C14H24N2S/c1-11-9-12(10-17-11)13(15)14(16(2)3)7-5-4-6-8-14/h9-10,13H,4-8,15H2,1-3H3. The van der Waals surface area contributed by atoms with Gasteiger partial charge in [-0.3, -0.25) is 0 Å². The van der Waals surface area contributed by atoms with Crippen LogP contribution in [0.1, 0.15) is 48.6 Å². The van der Waals surface area contributed by atoms with Crippen molar-refractivity contribution >= 4 is 11.3 Å². The first kappa shape index (κ1) is 13.1. The number of thiophene rings is 1. The van der Waals surface area contributed by atoms with Crippen LogP contribution in [-0.4, -0.2) is 24.5 Å². The van der Waals surface area contributed by atoms with Crippen molar-refractivity contribution in [2.45, 2.75) is 50.6 Å². The lowest BCUT2D eigenvalue weighted by atomic mass is 9.74. The molecule has 1 aromatic heterocycles. The molecule has 0 aliphatic heterocycles. The van der Waals surface area contributed by atoms with Gasteiger partial charge in [0.1, 0.15) is 0 Å². The quantitative estimate of drug-likeness (QED) is 0.894. The predicted molar refractivity (Wildman–Crippen MR) is 75.5 cm³/mol. The number of hydrogen-bond acceptors (Lipinski definition) is 3. The van der Waals surface area contributed by atoms with E-state index in [1.807, 2.05) is 11.3 Å². The summed E-state index contributed by atoms with van der Waals surface area (Å²) in [5.41, 5.74) is 8.08. The molecule has 17 heavy (non-hydrogen) atoms. The molecule has 1 atom stereocenters. The van der Waals surface area contributed by atoms with Crippen molar-refractivity contribution in [1.29, 1.82) is 0 Å². The Balaban J connectivity index is 2.26. The third-order valence-electron chi connectivity index (χ3n) is 4.30. The second kappa shape index (κ2) is 5.09. The van der Waals surface area contributed by atoms with Crippen molar-refractivity contribution in [3.8, 4) is 0 Å². The summed E-state index contributed by atoms with van der Waals surface area (Å²) in [7, 11) is 4.37. The highest BCUT2D eigenvalue weighted by Crippen LogP contribution is 2.41. The van der Waals surface area contributed by atoms with E-state index in [0.717, 1.165) is 0 Å². The lowest BCUT2D eigenvalue weighted by molar-refractivity contribution is 0.0715. The van der Waals surface area contributed by atoms with Crippen LogP contribution in [0, 0.1) is 6.92 Å². The number of hydrogen-bond donors (Lipinski definition) is 1. The van der Waals surface area contributed by atoms with Crippen molar-refractivity contribution in [2.75, 3.05) is 14.1 Å². The van der Waals surface area contributed by atoms with E-state index in [0.29, 0.717) is 0 Å². The maximum atomic E-state index is 6.58. The van der Waals surface area contributed by atoms with E-state index < -0.39 is 0 Å². The predicted octanol–water partition coefficient (Wildman–Crippen LogP) is 3.32. The summed E-state index contributed by atoms with van der Waals surface area (Å²) in [5.74, 6) is 0. The first-order valence-electron chi connectivity index (χ1n) is 6.54. The Labute approximate surface area is 109 Å². The molecule has 1 aliphatic rings. The van der Waals surface area contributed by atoms with Crippen molar-refractivity contribution in [2.24, 2.45) is 5.73 Å². The number of rotatable bonds is 3. The Morgan fingerprint density at radius 1 is 1.29 bits per heavy atom. The fraction of sp³-hybridized carbons (Fsp3) is 0.714. The Hall–Kier alpha value is -0.380. The molecule has 0 aromatic carbocycles. The summed E-state index contributed by atoms with van der Waals surface area (Å²) >= 11 is 1.81. The normalized spacial score (nSPS) is 21.7. The molecule has 1 aliphatic carbocycles. The summed E-state index contributed by atoms with van der Waals surface area (Å²) in [6.45, 7) is 2.16. The molecule has 0 radical (unpaired) electrons. The van der Waals surface area contributed by atoms with E-state index in [1.54, 1.807) is 0 Å². The first-order chi connectivity index (χ1) is 8.06. The molecule has 1 unspecified atom stereocenters. The molecule has 1 saturated carbocycles. The van der Waals surface area contributed by atoms with E-state index in [-0.39, 0.29) is 11.6 Å². The van der Waals surface area contributed by atoms with Crippen molar-refractivity contribution in [3.05, 3.63) is 21.9 Å². The average Bonchev–Trinajstić information content (AvgIpc) is 2.75. The van der Waals surface area contributed by atoms with Crippen LogP contribution in [0.4, 0.5) is 0 Å². The summed E-state index contributed by atoms with van der Waals surface area (Å²) in [4.78, 5) is 3.73. The van der Waals surface area contributed by atoms with E-state index in [2.05, 4.69) is 37.4 Å². The van der Waals surface area contributed by atoms with Gasteiger partial charge in [-0.25, -0.2) is 0 Å². The molecular weight excluding hydrogens is 228 g/mol. The molecule has 2 nitrogen and oxygen atoms in total. The van der Waals surface area contributed by atoms with Crippen LogP contribution in [0.25, 0.3) is 0 Å². The van der Waals surface area contributed by atoms with Gasteiger partial charge < -0.3 is 10.6 Å². The van der Waals surface area contributed by atoms with Gasteiger partial charge in [0, 0.05) is 16.5 Å². The molecule has 2 rings (SSSR count). The molecule has 96 valence electrons. The van der Waals surface area contributed by atoms with Gasteiger partial charge in [0.2, 0.25) is 0 Å². The topological polar surface area (TPSA) is 29.3 Å². The van der Waals surface area contributed by atoms with Crippen molar-refractivity contribution in [3.63, 3.8) is 0 Å². The minimum atomic E-state index is 0.155. The summed E-state index contributed by atoms with van der Waals surface area (Å²) < 4.78 is 0. The summed E-state index contributed by atoms with van der Waals surface area (Å²) in [5, 5.41) is 2.24. The maximum absolute atomic E-state index is 6.58. The van der Waals surface area contributed by atoms with Crippen molar-refractivity contribution < 1.29 is 0 Å². The SMILES string of the molecule is Cc1cc(C(N)C2(N(C)C)CCCCC2)cs1. The number of aryl methyl sites for hydroxylation is 1. The third kappa shape index (κ3) is 2.42. The van der Waals surface area contributed by atoms with Crippen LogP contribution in [0.5, 0.6) is 0 Å². The number of nitrogens with zero attached hydrogens (tertiary/aromatic N) is 1. The smallest absolute Gasteiger partial charge is 0.0490 e. The zero-order chi connectivity index (χ0) is 12.5. The number of likely N-dealkylation sites (N-methyl/N-ethyl adjacent to an activating group) is 1. The number of nitrogens with two attached hydrogens (primary N) is 1. The van der Waals surface area contributed by atoms with Gasteiger partial charge in [0.25, 0.3) is 0 Å². The Bertz CT molecular complexity index is 364. The van der Waals surface area contributed by atoms with Gasteiger partial charge in [0.05, 0.1) is 0 Å². The zero-order valence-electron chi connectivity index (χ0n) is 11.2. The highest BCUT2D eigenvalue weighted by Gasteiger charge is 2.40. The molecule has 0 saturated heterocycles. The van der Waals surface area contributed by atoms with Crippen LogP contribution in [0.15, 0.2) is 11.4 Å². The van der Waals surface area contributed by atoms with Crippen molar-refractivity contribution in [1.82, 2.24) is 4.90 Å². The first-order valence-corrected chi connectivity index (χ1v) is 7.42. The maximum Gasteiger partial charge on any atom is 0.0490 e. The molecule has 2 N–H and O–H groups in total. The van der Waals surface area contributed by atoms with E-state index in [9.17, 15) is 0 Å². The average molecular weight is 252 g/mol. The fourth-order valence-corrected chi connectivity index (χ4v) is 3.88.